The van der Waals surface area contributed by atoms with Gasteiger partial charge in [-0.3, -0.25) is 9.59 Å². The maximum atomic E-state index is 11.8. The van der Waals surface area contributed by atoms with Gasteiger partial charge in [-0.2, -0.15) is 5.10 Å². The lowest BCUT2D eigenvalue weighted by Gasteiger charge is -2.05. The van der Waals surface area contributed by atoms with Gasteiger partial charge in [-0.15, -0.1) is 0 Å². The van der Waals surface area contributed by atoms with E-state index in [4.69, 9.17) is 17.0 Å². The highest BCUT2D eigenvalue weighted by Gasteiger charge is 2.21. The number of rotatable bonds is 6. The molecule has 1 aliphatic rings. The van der Waals surface area contributed by atoms with Crippen molar-refractivity contribution in [2.75, 3.05) is 6.61 Å². The van der Waals surface area contributed by atoms with Crippen LogP contribution in [-0.2, 0) is 9.59 Å². The molecule has 9 heteroatoms. The van der Waals surface area contributed by atoms with Gasteiger partial charge < -0.3 is 15.2 Å². The second kappa shape index (κ2) is 9.16. The Balaban J connectivity index is 1.47. The van der Waals surface area contributed by atoms with Crippen molar-refractivity contribution in [3.8, 4) is 11.5 Å². The first kappa shape index (κ1) is 19.6. The number of hydrogen-bond acceptors (Lipinski definition) is 7. The molecule has 0 radical (unpaired) electrons. The number of aromatic hydroxyl groups is 1. The van der Waals surface area contributed by atoms with Crippen LogP contribution in [0, 0.1) is 0 Å². The Morgan fingerprint density at radius 1 is 1.18 bits per heavy atom. The lowest BCUT2D eigenvalue weighted by Crippen LogP contribution is -2.24. The number of ether oxygens (including phenoxy) is 1. The van der Waals surface area contributed by atoms with Crippen molar-refractivity contribution in [3.63, 3.8) is 0 Å². The first-order valence-corrected chi connectivity index (χ1v) is 9.31. The van der Waals surface area contributed by atoms with Gasteiger partial charge in [-0.25, -0.2) is 5.43 Å². The number of nitrogens with zero attached hydrogens (tertiary/aromatic N) is 1. The Labute approximate surface area is 170 Å². The molecule has 0 aliphatic carbocycles. The number of carbonyl (C=O) groups is 2. The second-order valence-electron chi connectivity index (χ2n) is 5.59. The fraction of sp³-hybridized carbons (Fsp3) is 0.0526. The second-order valence-corrected chi connectivity index (χ2v) is 7.31. The lowest BCUT2D eigenvalue weighted by atomic mass is 10.2. The summed E-state index contributed by atoms with van der Waals surface area (Å²) in [7, 11) is 0. The zero-order chi connectivity index (χ0) is 19.9. The molecule has 2 aromatic rings. The van der Waals surface area contributed by atoms with E-state index in [0.717, 1.165) is 11.1 Å². The number of benzene rings is 2. The predicted molar refractivity (Wildman–Crippen MR) is 112 cm³/mol. The minimum atomic E-state index is -0.409. The fourth-order valence-electron chi connectivity index (χ4n) is 2.15. The SMILES string of the molecule is O=C(COc1ccc(/C=C2/SC(=S)NC2=O)cc1)N/N=C/c1ccc(O)cc1. The van der Waals surface area contributed by atoms with E-state index >= 15 is 0 Å². The number of hydrogen-bond donors (Lipinski definition) is 3. The number of thiocarbonyl (C=S) groups is 1. The summed E-state index contributed by atoms with van der Waals surface area (Å²) in [6.07, 6.45) is 3.19. The van der Waals surface area contributed by atoms with Crippen LogP contribution in [0.3, 0.4) is 0 Å². The van der Waals surface area contributed by atoms with Crippen LogP contribution in [0.25, 0.3) is 6.08 Å². The van der Waals surface area contributed by atoms with Gasteiger partial charge in [0.2, 0.25) is 0 Å². The number of hydrazone groups is 1. The molecule has 142 valence electrons. The summed E-state index contributed by atoms with van der Waals surface area (Å²) >= 11 is 6.16. The number of carbonyl (C=O) groups excluding carboxylic acids is 2. The minimum absolute atomic E-state index is 0.158. The Bertz CT molecular complexity index is 954. The first-order chi connectivity index (χ1) is 13.5. The number of phenols is 1. The average molecular weight is 413 g/mol. The summed E-state index contributed by atoms with van der Waals surface area (Å²) in [5.74, 6) is 0.0537. The Hall–Kier alpha value is -3.17. The third-order valence-corrected chi connectivity index (χ3v) is 4.65. The largest absolute Gasteiger partial charge is 0.508 e. The Morgan fingerprint density at radius 2 is 1.86 bits per heavy atom. The quantitative estimate of drug-likeness (QED) is 0.291. The van der Waals surface area contributed by atoms with Crippen molar-refractivity contribution in [1.82, 2.24) is 10.7 Å². The van der Waals surface area contributed by atoms with Gasteiger partial charge in [0.05, 0.1) is 11.1 Å². The summed E-state index contributed by atoms with van der Waals surface area (Å²) in [5.41, 5.74) is 3.91. The third kappa shape index (κ3) is 5.66. The van der Waals surface area contributed by atoms with Crippen LogP contribution in [0.5, 0.6) is 11.5 Å². The fourth-order valence-corrected chi connectivity index (χ4v) is 3.20. The number of phenolic OH excluding ortho intramolecular Hbond substituents is 1. The molecule has 1 heterocycles. The van der Waals surface area contributed by atoms with Crippen LogP contribution in [-0.4, -0.2) is 34.1 Å². The Morgan fingerprint density at radius 3 is 2.50 bits per heavy atom. The van der Waals surface area contributed by atoms with Gasteiger partial charge in [-0.1, -0.05) is 36.1 Å². The molecule has 1 fully saturated rings. The molecule has 0 spiro atoms. The Kier molecular flexibility index (Phi) is 6.41. The van der Waals surface area contributed by atoms with Crippen molar-refractivity contribution < 1.29 is 19.4 Å². The average Bonchev–Trinajstić information content (AvgIpc) is 2.99. The van der Waals surface area contributed by atoms with Crippen molar-refractivity contribution in [3.05, 3.63) is 64.6 Å². The van der Waals surface area contributed by atoms with Crippen LogP contribution in [0.4, 0.5) is 0 Å². The molecular weight excluding hydrogens is 398 g/mol. The summed E-state index contributed by atoms with van der Waals surface area (Å²) < 4.78 is 5.84. The molecule has 0 aromatic heterocycles. The summed E-state index contributed by atoms with van der Waals surface area (Å²) in [4.78, 5) is 23.9. The van der Waals surface area contributed by atoms with Gasteiger partial charge in [-0.05, 0) is 53.6 Å². The molecule has 2 aromatic carbocycles. The summed E-state index contributed by atoms with van der Waals surface area (Å²) in [6.45, 7) is -0.195. The molecule has 0 atom stereocenters. The zero-order valence-electron chi connectivity index (χ0n) is 14.4. The molecule has 3 N–H and O–H groups in total. The van der Waals surface area contributed by atoms with Gasteiger partial charge in [0.15, 0.2) is 6.61 Å². The van der Waals surface area contributed by atoms with E-state index in [9.17, 15) is 14.7 Å². The number of thioether (sulfide) groups is 1. The molecule has 2 amide bonds. The standard InChI is InChI=1S/C19H15N3O4S2/c23-14-5-1-13(2-6-14)10-20-22-17(24)11-26-15-7-3-12(4-8-15)9-16-18(25)21-19(27)28-16/h1-10,23H,11H2,(H,22,24)(H,21,25,27)/b16-9+,20-10+. The highest BCUT2D eigenvalue weighted by Crippen LogP contribution is 2.26. The van der Waals surface area contributed by atoms with E-state index in [2.05, 4.69) is 15.8 Å². The zero-order valence-corrected chi connectivity index (χ0v) is 16.0. The number of nitrogens with one attached hydrogen (secondary N) is 2. The monoisotopic (exact) mass is 413 g/mol. The van der Waals surface area contributed by atoms with Gasteiger partial charge >= 0.3 is 0 Å². The van der Waals surface area contributed by atoms with Crippen LogP contribution < -0.4 is 15.5 Å². The molecule has 7 nitrogen and oxygen atoms in total. The van der Waals surface area contributed by atoms with Gasteiger partial charge in [0, 0.05) is 0 Å². The molecule has 28 heavy (non-hydrogen) atoms. The number of amides is 2. The van der Waals surface area contributed by atoms with Gasteiger partial charge in [0.25, 0.3) is 11.8 Å². The molecule has 0 bridgehead atoms. The van der Waals surface area contributed by atoms with Crippen LogP contribution in [0.1, 0.15) is 11.1 Å². The van der Waals surface area contributed by atoms with E-state index in [1.165, 1.54) is 30.1 Å². The van der Waals surface area contributed by atoms with Crippen LogP contribution >= 0.6 is 24.0 Å². The van der Waals surface area contributed by atoms with Gasteiger partial charge in [0.1, 0.15) is 15.8 Å². The molecule has 0 unspecified atom stereocenters. The molecule has 1 saturated heterocycles. The van der Waals surface area contributed by atoms with E-state index in [1.54, 1.807) is 42.5 Å². The summed E-state index contributed by atoms with van der Waals surface area (Å²) in [6, 6.07) is 13.3. The van der Waals surface area contributed by atoms with E-state index in [1.807, 2.05) is 0 Å². The van der Waals surface area contributed by atoms with Crippen LogP contribution in [0.15, 0.2) is 58.5 Å². The highest BCUT2D eigenvalue weighted by atomic mass is 32.2. The molecule has 0 saturated carbocycles. The molecule has 3 rings (SSSR count). The minimum Gasteiger partial charge on any atom is -0.508 e. The van der Waals surface area contributed by atoms with E-state index in [-0.39, 0.29) is 18.3 Å². The topological polar surface area (TPSA) is 100 Å². The van der Waals surface area contributed by atoms with Crippen molar-refractivity contribution >= 4 is 52.4 Å². The predicted octanol–water partition coefficient (Wildman–Crippen LogP) is 2.41. The first-order valence-electron chi connectivity index (χ1n) is 8.08. The summed E-state index contributed by atoms with van der Waals surface area (Å²) in [5, 5.41) is 15.6. The molecule has 1 aliphatic heterocycles. The van der Waals surface area contributed by atoms with E-state index < -0.39 is 5.91 Å². The third-order valence-electron chi connectivity index (χ3n) is 3.49. The van der Waals surface area contributed by atoms with Crippen molar-refractivity contribution in [2.45, 2.75) is 0 Å². The highest BCUT2D eigenvalue weighted by molar-refractivity contribution is 8.26. The lowest BCUT2D eigenvalue weighted by molar-refractivity contribution is -0.123. The maximum Gasteiger partial charge on any atom is 0.277 e. The van der Waals surface area contributed by atoms with Crippen molar-refractivity contribution in [2.24, 2.45) is 5.10 Å². The molecular formula is C19H15N3O4S2. The smallest absolute Gasteiger partial charge is 0.277 e. The maximum absolute atomic E-state index is 11.8. The van der Waals surface area contributed by atoms with Crippen molar-refractivity contribution in [1.29, 1.82) is 0 Å². The van der Waals surface area contributed by atoms with Crippen LogP contribution in [0.2, 0.25) is 0 Å². The normalized spacial score (nSPS) is 15.1. The van der Waals surface area contributed by atoms with E-state index in [0.29, 0.717) is 15.0 Å².